The third-order valence-electron chi connectivity index (χ3n) is 6.63. The molecule has 0 aromatic carbocycles. The highest BCUT2D eigenvalue weighted by molar-refractivity contribution is 7.18. The lowest BCUT2D eigenvalue weighted by molar-refractivity contribution is -0.147. The number of halogens is 3. The van der Waals surface area contributed by atoms with E-state index in [4.69, 9.17) is 15.1 Å². The van der Waals surface area contributed by atoms with Crippen molar-refractivity contribution in [1.82, 2.24) is 30.0 Å². The van der Waals surface area contributed by atoms with Gasteiger partial charge in [0.25, 0.3) is 0 Å². The molecule has 10 nitrogen and oxygen atoms in total. The van der Waals surface area contributed by atoms with Crippen LogP contribution in [-0.2, 0) is 25.7 Å². The third kappa shape index (κ3) is 4.86. The number of aliphatic hydroxyl groups excluding tert-OH is 2. The first-order valence-electron chi connectivity index (χ1n) is 12.1. The van der Waals surface area contributed by atoms with Gasteiger partial charge in [-0.3, -0.25) is 5.32 Å². The van der Waals surface area contributed by atoms with Gasteiger partial charge in [-0.1, -0.05) is 13.3 Å². The summed E-state index contributed by atoms with van der Waals surface area (Å²) in [6, 6.07) is 2.08. The molecule has 5 heterocycles. The monoisotopic (exact) mass is 526 g/mol. The number of rotatable bonds is 8. The number of hydrogen-bond acceptors (Lipinski definition) is 10. The van der Waals surface area contributed by atoms with E-state index in [9.17, 15) is 18.3 Å². The second-order valence-corrected chi connectivity index (χ2v) is 10.3. The van der Waals surface area contributed by atoms with E-state index in [1.807, 2.05) is 9.80 Å². The van der Waals surface area contributed by atoms with E-state index < -0.39 is 18.2 Å². The highest BCUT2D eigenvalue weighted by atomic mass is 32.1. The molecule has 3 aromatic heterocycles. The van der Waals surface area contributed by atoms with Gasteiger partial charge in [0.2, 0.25) is 11.8 Å². The number of fused-ring (bicyclic) bond motifs is 2. The number of aliphatic hydroxyl groups is 2. The smallest absolute Gasteiger partial charge is 0.395 e. The Morgan fingerprint density at radius 1 is 1.19 bits per heavy atom. The van der Waals surface area contributed by atoms with Crippen molar-refractivity contribution in [2.75, 3.05) is 42.6 Å². The van der Waals surface area contributed by atoms with E-state index in [1.165, 1.54) is 4.88 Å². The molecule has 1 unspecified atom stereocenters. The van der Waals surface area contributed by atoms with Gasteiger partial charge in [0, 0.05) is 43.5 Å². The highest BCUT2D eigenvalue weighted by Gasteiger charge is 2.40. The Kier molecular flexibility index (Phi) is 7.03. The summed E-state index contributed by atoms with van der Waals surface area (Å²) < 4.78 is 41.0. The van der Waals surface area contributed by atoms with Crippen LogP contribution < -0.4 is 15.1 Å². The van der Waals surface area contributed by atoms with E-state index in [0.717, 1.165) is 34.0 Å². The first-order chi connectivity index (χ1) is 17.3. The molecule has 5 rings (SSSR count). The van der Waals surface area contributed by atoms with Crippen molar-refractivity contribution in [2.45, 2.75) is 51.7 Å². The number of anilines is 2. The fourth-order valence-corrected chi connectivity index (χ4v) is 5.97. The molecule has 0 spiro atoms. The molecule has 1 fully saturated rings. The molecule has 0 amide bonds. The van der Waals surface area contributed by atoms with Crippen LogP contribution in [0.3, 0.4) is 0 Å². The lowest BCUT2D eigenvalue weighted by Gasteiger charge is -2.30. The number of aryl methyl sites for hydroxylation is 1. The Hall–Kier alpha value is -2.55. The molecule has 0 bridgehead atoms. The van der Waals surface area contributed by atoms with Gasteiger partial charge in [-0.25, -0.2) is 4.98 Å². The Bertz CT molecular complexity index is 1220. The Balaban J connectivity index is 1.45. The van der Waals surface area contributed by atoms with Crippen LogP contribution >= 0.6 is 11.3 Å². The van der Waals surface area contributed by atoms with E-state index >= 15 is 0 Å². The van der Waals surface area contributed by atoms with Crippen molar-refractivity contribution in [3.05, 3.63) is 22.6 Å². The summed E-state index contributed by atoms with van der Waals surface area (Å²) in [6.45, 7) is 4.21. The number of hydrogen-bond donors (Lipinski definition) is 3. The van der Waals surface area contributed by atoms with Gasteiger partial charge < -0.3 is 24.6 Å². The molecule has 2 atom stereocenters. The van der Waals surface area contributed by atoms with Gasteiger partial charge in [0.15, 0.2) is 5.82 Å². The van der Waals surface area contributed by atoms with Crippen molar-refractivity contribution in [3.63, 3.8) is 0 Å². The van der Waals surface area contributed by atoms with Crippen LogP contribution in [0.25, 0.3) is 10.2 Å². The lowest BCUT2D eigenvalue weighted by Crippen LogP contribution is -2.39. The average molecular weight is 527 g/mol. The first kappa shape index (κ1) is 25.1. The normalized spacial score (nSPS) is 19.3. The van der Waals surface area contributed by atoms with Crippen LogP contribution in [0, 0.1) is 5.92 Å². The predicted molar refractivity (Wildman–Crippen MR) is 129 cm³/mol. The maximum Gasteiger partial charge on any atom is 0.451 e. The molecule has 3 N–H and O–H groups in total. The molecule has 36 heavy (non-hydrogen) atoms. The summed E-state index contributed by atoms with van der Waals surface area (Å²) in [6.07, 6.45) is -2.64. The van der Waals surface area contributed by atoms with Crippen LogP contribution in [0.1, 0.15) is 36.3 Å². The number of alkyl halides is 3. The lowest BCUT2D eigenvalue weighted by atomic mass is 10.1. The molecule has 2 aliphatic rings. The molecule has 1 saturated heterocycles. The quantitative estimate of drug-likeness (QED) is 0.379. The summed E-state index contributed by atoms with van der Waals surface area (Å²) >= 11 is 1.61. The Labute approximate surface area is 209 Å². The number of nitrogens with one attached hydrogen (secondary N) is 1. The van der Waals surface area contributed by atoms with Crippen LogP contribution in [0.4, 0.5) is 24.9 Å². The zero-order valence-electron chi connectivity index (χ0n) is 19.9. The van der Waals surface area contributed by atoms with Crippen molar-refractivity contribution in [3.8, 4) is 0 Å². The van der Waals surface area contributed by atoms with Crippen LogP contribution in [0.2, 0.25) is 0 Å². The summed E-state index contributed by atoms with van der Waals surface area (Å²) in [7, 11) is 0. The molecule has 2 aliphatic heterocycles. The third-order valence-corrected chi connectivity index (χ3v) is 7.72. The Morgan fingerprint density at radius 3 is 2.78 bits per heavy atom. The zero-order valence-corrected chi connectivity index (χ0v) is 20.7. The van der Waals surface area contributed by atoms with E-state index in [1.54, 1.807) is 11.3 Å². The maximum absolute atomic E-state index is 13.3. The maximum atomic E-state index is 13.3. The topological polar surface area (TPSA) is 115 Å². The molecule has 3 aromatic rings. The molecular weight excluding hydrogens is 497 g/mol. The minimum atomic E-state index is -4.55. The zero-order chi connectivity index (χ0) is 25.4. The molecule has 0 aliphatic carbocycles. The van der Waals surface area contributed by atoms with Gasteiger partial charge in [0.05, 0.1) is 18.5 Å². The average Bonchev–Trinajstić information content (AvgIpc) is 3.59. The van der Waals surface area contributed by atoms with E-state index in [-0.39, 0.29) is 31.4 Å². The SMILES string of the molecule is CCCc1cc2c(N3CCn4c(nnc4C(F)(F)F)C3)nc(N3CC[C@H](C(O)NCCO)C3)nc2s1. The largest absolute Gasteiger partial charge is 0.451 e. The van der Waals surface area contributed by atoms with Gasteiger partial charge in [0.1, 0.15) is 16.9 Å². The fourth-order valence-electron chi connectivity index (χ4n) is 4.85. The summed E-state index contributed by atoms with van der Waals surface area (Å²) in [5.41, 5.74) is 0. The number of aromatic nitrogens is 5. The predicted octanol–water partition coefficient (Wildman–Crippen LogP) is 2.00. The van der Waals surface area contributed by atoms with E-state index in [0.29, 0.717) is 37.9 Å². The molecule has 14 heteroatoms. The summed E-state index contributed by atoms with van der Waals surface area (Å²) in [5, 5.41) is 30.4. The van der Waals surface area contributed by atoms with Gasteiger partial charge >= 0.3 is 6.18 Å². The van der Waals surface area contributed by atoms with Crippen molar-refractivity contribution >= 4 is 33.3 Å². The van der Waals surface area contributed by atoms with Crippen molar-refractivity contribution < 1.29 is 23.4 Å². The van der Waals surface area contributed by atoms with Crippen LogP contribution in [0.15, 0.2) is 6.07 Å². The second-order valence-electron chi connectivity index (χ2n) is 9.16. The second kappa shape index (κ2) is 10.1. The summed E-state index contributed by atoms with van der Waals surface area (Å²) in [4.78, 5) is 15.7. The molecule has 196 valence electrons. The summed E-state index contributed by atoms with van der Waals surface area (Å²) in [5.74, 6) is 0.474. The van der Waals surface area contributed by atoms with E-state index in [2.05, 4.69) is 28.5 Å². The minimum absolute atomic E-state index is 0.0346. The minimum Gasteiger partial charge on any atom is -0.395 e. The fraction of sp³-hybridized carbons (Fsp3) is 0.636. The van der Waals surface area contributed by atoms with Crippen LogP contribution in [-0.4, -0.2) is 74.0 Å². The number of thiophene rings is 1. The molecular formula is C22H29F3N8O2S. The van der Waals surface area contributed by atoms with Gasteiger partial charge in [-0.05, 0) is 18.9 Å². The standard InChI is InChI=1S/C22H29F3N8O2S/c1-2-3-14-10-15-17(31-7-8-33-16(12-31)29-30-20(33)22(23,24)25)27-21(28-19(15)36-14)32-6-4-13(11-32)18(35)26-5-9-34/h10,13,18,26,34-35H,2-9,11-12H2,1H3/t13-,18?/m0/s1. The van der Waals surface area contributed by atoms with Crippen LogP contribution in [0.5, 0.6) is 0 Å². The highest BCUT2D eigenvalue weighted by Crippen LogP contribution is 2.37. The molecule has 0 radical (unpaired) electrons. The molecule has 0 saturated carbocycles. The first-order valence-corrected chi connectivity index (χ1v) is 12.9. The number of nitrogens with zero attached hydrogens (tertiary/aromatic N) is 7. The van der Waals surface area contributed by atoms with Gasteiger partial charge in [-0.2, -0.15) is 18.2 Å². The van der Waals surface area contributed by atoms with Gasteiger partial charge in [-0.15, -0.1) is 21.5 Å². The Morgan fingerprint density at radius 2 is 2.03 bits per heavy atom. The van der Waals surface area contributed by atoms with Crippen molar-refractivity contribution in [1.29, 1.82) is 0 Å². The van der Waals surface area contributed by atoms with Crippen molar-refractivity contribution in [2.24, 2.45) is 5.92 Å².